The summed E-state index contributed by atoms with van der Waals surface area (Å²) in [6, 6.07) is 15.7. The number of rotatable bonds is 3. The quantitative estimate of drug-likeness (QED) is 0.677. The van der Waals surface area contributed by atoms with Gasteiger partial charge in [0.25, 0.3) is 0 Å². The Labute approximate surface area is 165 Å². The minimum absolute atomic E-state index is 0.259. The van der Waals surface area contributed by atoms with Crippen LogP contribution < -0.4 is 10.1 Å². The van der Waals surface area contributed by atoms with E-state index in [0.29, 0.717) is 18.8 Å². The average Bonchev–Trinajstić information content (AvgIpc) is 3.16. The zero-order valence-corrected chi connectivity index (χ0v) is 15.3. The Bertz CT molecular complexity index is 1040. The van der Waals surface area contributed by atoms with Crippen LogP contribution in [-0.4, -0.2) is 35.1 Å². The first-order chi connectivity index (χ1) is 13.9. The molecule has 2 aromatic carbocycles. The molecular formula is C21H18F3N3O2. The number of benzene rings is 2. The van der Waals surface area contributed by atoms with Crippen molar-refractivity contribution >= 4 is 22.6 Å². The Morgan fingerprint density at radius 3 is 2.66 bits per heavy atom. The van der Waals surface area contributed by atoms with E-state index in [1.807, 2.05) is 30.3 Å². The molecule has 0 saturated carbocycles. The number of carbonyl (C=O) groups is 1. The van der Waals surface area contributed by atoms with Crippen molar-refractivity contribution in [3.63, 3.8) is 0 Å². The fraction of sp³-hybridized carbons (Fsp3) is 0.238. The largest absolute Gasteiger partial charge is 0.472 e. The number of amides is 2. The first-order valence-corrected chi connectivity index (χ1v) is 9.15. The normalized spacial score (nSPS) is 16.8. The lowest BCUT2D eigenvalue weighted by Crippen LogP contribution is -2.35. The highest BCUT2D eigenvalue weighted by atomic mass is 19.4. The lowest BCUT2D eigenvalue weighted by Gasteiger charge is -2.19. The Morgan fingerprint density at radius 2 is 1.83 bits per heavy atom. The van der Waals surface area contributed by atoms with Crippen LogP contribution in [0.2, 0.25) is 0 Å². The second kappa shape index (κ2) is 7.62. The Kier molecular flexibility index (Phi) is 5.00. The van der Waals surface area contributed by atoms with Gasteiger partial charge in [-0.1, -0.05) is 30.3 Å². The summed E-state index contributed by atoms with van der Waals surface area (Å²) < 4.78 is 45.2. The summed E-state index contributed by atoms with van der Waals surface area (Å²) in [5.41, 5.74) is -0.326. The molecule has 1 saturated heterocycles. The van der Waals surface area contributed by atoms with Crippen LogP contribution in [0, 0.1) is 0 Å². The number of anilines is 1. The number of aromatic nitrogens is 1. The van der Waals surface area contributed by atoms with Crippen LogP contribution in [0.1, 0.15) is 12.0 Å². The molecule has 8 heteroatoms. The van der Waals surface area contributed by atoms with Gasteiger partial charge in [0.1, 0.15) is 6.10 Å². The van der Waals surface area contributed by atoms with Gasteiger partial charge in [-0.15, -0.1) is 0 Å². The van der Waals surface area contributed by atoms with Gasteiger partial charge in [-0.25, -0.2) is 9.78 Å². The number of pyridine rings is 1. The van der Waals surface area contributed by atoms with Crippen molar-refractivity contribution in [2.45, 2.75) is 18.7 Å². The van der Waals surface area contributed by atoms with Gasteiger partial charge in [0.05, 0.1) is 23.3 Å². The predicted octanol–water partition coefficient (Wildman–Crippen LogP) is 4.94. The number of halogens is 3. The summed E-state index contributed by atoms with van der Waals surface area (Å²) >= 11 is 0. The molecule has 4 rings (SSSR count). The zero-order valence-electron chi connectivity index (χ0n) is 15.3. The molecule has 1 N–H and O–H groups in total. The number of fused-ring (bicyclic) bond motifs is 1. The van der Waals surface area contributed by atoms with Crippen LogP contribution in [0.4, 0.5) is 23.7 Å². The van der Waals surface area contributed by atoms with E-state index in [-0.39, 0.29) is 18.3 Å². The number of carbonyl (C=O) groups excluding carboxylic acids is 1. The van der Waals surface area contributed by atoms with E-state index in [1.54, 1.807) is 6.07 Å². The molecule has 0 bridgehead atoms. The number of nitrogens with one attached hydrogen (secondary N) is 1. The average molecular weight is 401 g/mol. The molecule has 2 heterocycles. The molecule has 3 aromatic rings. The monoisotopic (exact) mass is 401 g/mol. The van der Waals surface area contributed by atoms with Crippen LogP contribution >= 0.6 is 0 Å². The highest BCUT2D eigenvalue weighted by molar-refractivity contribution is 5.90. The number of urea groups is 1. The Morgan fingerprint density at radius 1 is 1.07 bits per heavy atom. The standard InChI is InChI=1S/C21H18F3N3O2/c22-21(23,24)16-6-2-4-8-18(16)26-20(28)27-12-11-15(13-27)29-19-10-9-14-5-1-3-7-17(14)25-19/h1-10,15H,11-13H2,(H,26,28). The van der Waals surface area contributed by atoms with E-state index in [0.717, 1.165) is 17.0 Å². The van der Waals surface area contributed by atoms with Crippen molar-refractivity contribution in [2.75, 3.05) is 18.4 Å². The Hall–Kier alpha value is -3.29. The number of para-hydroxylation sites is 2. The molecule has 1 fully saturated rings. The molecule has 1 aliphatic rings. The molecule has 1 unspecified atom stereocenters. The van der Waals surface area contributed by atoms with Crippen molar-refractivity contribution in [3.8, 4) is 5.88 Å². The molecule has 0 aliphatic carbocycles. The van der Waals surface area contributed by atoms with Gasteiger partial charge in [0.15, 0.2) is 0 Å². The highest BCUT2D eigenvalue weighted by Crippen LogP contribution is 2.34. The summed E-state index contributed by atoms with van der Waals surface area (Å²) in [6.45, 7) is 0.660. The van der Waals surface area contributed by atoms with Gasteiger partial charge in [-0.3, -0.25) is 0 Å². The zero-order chi connectivity index (χ0) is 20.4. The fourth-order valence-electron chi connectivity index (χ4n) is 3.33. The van der Waals surface area contributed by atoms with Crippen LogP contribution in [0.15, 0.2) is 60.7 Å². The lowest BCUT2D eigenvalue weighted by molar-refractivity contribution is -0.136. The third kappa shape index (κ3) is 4.26. The molecule has 1 aromatic heterocycles. The van der Waals surface area contributed by atoms with Gasteiger partial charge in [-0.2, -0.15) is 13.2 Å². The fourth-order valence-corrected chi connectivity index (χ4v) is 3.33. The smallest absolute Gasteiger partial charge is 0.418 e. The summed E-state index contributed by atoms with van der Waals surface area (Å²) in [5.74, 6) is 0.457. The third-order valence-corrected chi connectivity index (χ3v) is 4.77. The predicted molar refractivity (Wildman–Crippen MR) is 103 cm³/mol. The number of nitrogens with zero attached hydrogens (tertiary/aromatic N) is 2. The molecular weight excluding hydrogens is 383 g/mol. The van der Waals surface area contributed by atoms with Crippen LogP contribution in [-0.2, 0) is 6.18 Å². The number of hydrogen-bond acceptors (Lipinski definition) is 3. The van der Waals surface area contributed by atoms with Gasteiger partial charge in [0, 0.05) is 24.4 Å². The number of alkyl halides is 3. The van der Waals surface area contributed by atoms with Crippen LogP contribution in [0.5, 0.6) is 5.88 Å². The first kappa shape index (κ1) is 19.0. The van der Waals surface area contributed by atoms with Gasteiger partial charge >= 0.3 is 12.2 Å². The van der Waals surface area contributed by atoms with E-state index in [4.69, 9.17) is 4.74 Å². The molecule has 1 atom stereocenters. The van der Waals surface area contributed by atoms with E-state index in [2.05, 4.69) is 10.3 Å². The Balaban J connectivity index is 1.40. The number of likely N-dealkylation sites (tertiary alicyclic amines) is 1. The second-order valence-corrected chi connectivity index (χ2v) is 6.79. The molecule has 1 aliphatic heterocycles. The summed E-state index contributed by atoms with van der Waals surface area (Å²) in [6.07, 6.45) is -4.24. The SMILES string of the molecule is O=C(Nc1ccccc1C(F)(F)F)N1CCC(Oc2ccc3ccccc3n2)C1. The minimum atomic E-state index is -4.54. The van der Waals surface area contributed by atoms with E-state index < -0.39 is 17.8 Å². The van der Waals surface area contributed by atoms with Crippen molar-refractivity contribution < 1.29 is 22.7 Å². The van der Waals surface area contributed by atoms with Crippen molar-refractivity contribution in [1.82, 2.24) is 9.88 Å². The van der Waals surface area contributed by atoms with Crippen molar-refractivity contribution in [2.24, 2.45) is 0 Å². The van der Waals surface area contributed by atoms with E-state index >= 15 is 0 Å². The maximum Gasteiger partial charge on any atom is 0.418 e. The van der Waals surface area contributed by atoms with Gasteiger partial charge < -0.3 is 15.0 Å². The maximum absolute atomic E-state index is 13.1. The first-order valence-electron chi connectivity index (χ1n) is 9.15. The second-order valence-electron chi connectivity index (χ2n) is 6.79. The molecule has 5 nitrogen and oxygen atoms in total. The van der Waals surface area contributed by atoms with Gasteiger partial charge in [-0.05, 0) is 24.3 Å². The number of ether oxygens (including phenoxy) is 1. The van der Waals surface area contributed by atoms with Crippen LogP contribution in [0.3, 0.4) is 0 Å². The summed E-state index contributed by atoms with van der Waals surface area (Å²) in [7, 11) is 0. The van der Waals surface area contributed by atoms with E-state index in [1.165, 1.54) is 23.1 Å². The number of hydrogen-bond donors (Lipinski definition) is 1. The topological polar surface area (TPSA) is 54.5 Å². The lowest BCUT2D eigenvalue weighted by atomic mass is 10.1. The molecule has 0 spiro atoms. The summed E-state index contributed by atoms with van der Waals surface area (Å²) in [5, 5.41) is 3.36. The molecule has 2 amide bonds. The minimum Gasteiger partial charge on any atom is -0.472 e. The van der Waals surface area contributed by atoms with Crippen molar-refractivity contribution in [1.29, 1.82) is 0 Å². The summed E-state index contributed by atoms with van der Waals surface area (Å²) in [4.78, 5) is 18.3. The highest BCUT2D eigenvalue weighted by Gasteiger charge is 2.34. The van der Waals surface area contributed by atoms with Gasteiger partial charge in [0.2, 0.25) is 5.88 Å². The molecule has 150 valence electrons. The molecule has 29 heavy (non-hydrogen) atoms. The van der Waals surface area contributed by atoms with E-state index in [9.17, 15) is 18.0 Å². The maximum atomic E-state index is 13.1. The molecule has 0 radical (unpaired) electrons. The third-order valence-electron chi connectivity index (χ3n) is 4.77. The van der Waals surface area contributed by atoms with Crippen LogP contribution in [0.25, 0.3) is 10.9 Å². The van der Waals surface area contributed by atoms with Crippen molar-refractivity contribution in [3.05, 3.63) is 66.2 Å².